The van der Waals surface area contributed by atoms with Crippen LogP contribution in [0.5, 0.6) is 0 Å². The number of likely N-dealkylation sites (N-methyl/N-ethyl adjacent to an activating group) is 1. The molecular formula is C15H21BrClN3. The number of rotatable bonds is 5. The van der Waals surface area contributed by atoms with Gasteiger partial charge in [-0.3, -0.25) is 0 Å². The molecule has 1 aromatic carbocycles. The van der Waals surface area contributed by atoms with Gasteiger partial charge in [-0.05, 0) is 46.0 Å². The van der Waals surface area contributed by atoms with Gasteiger partial charge in [0, 0.05) is 23.6 Å². The van der Waals surface area contributed by atoms with Crippen molar-refractivity contribution in [3.8, 4) is 0 Å². The molecule has 0 amide bonds. The fraction of sp³-hybridized carbons (Fsp3) is 0.533. The summed E-state index contributed by atoms with van der Waals surface area (Å²) in [4.78, 5) is 7.01. The minimum Gasteiger partial charge on any atom is -0.325 e. The third-order valence-electron chi connectivity index (χ3n) is 3.65. The summed E-state index contributed by atoms with van der Waals surface area (Å²) < 4.78 is 3.28. The second-order valence-electron chi connectivity index (χ2n) is 5.45. The fourth-order valence-electron chi connectivity index (χ4n) is 2.18. The van der Waals surface area contributed by atoms with Crippen LogP contribution in [0.1, 0.15) is 32.0 Å². The summed E-state index contributed by atoms with van der Waals surface area (Å²) in [7, 11) is 2.14. The van der Waals surface area contributed by atoms with Gasteiger partial charge in [0.2, 0.25) is 0 Å². The van der Waals surface area contributed by atoms with E-state index in [1.807, 2.05) is 13.0 Å². The summed E-state index contributed by atoms with van der Waals surface area (Å²) >= 11 is 9.78. The van der Waals surface area contributed by atoms with E-state index in [1.54, 1.807) is 0 Å². The number of halogens is 2. The minimum absolute atomic E-state index is 0.0921. The Morgan fingerprint density at radius 3 is 2.65 bits per heavy atom. The van der Waals surface area contributed by atoms with Crippen molar-refractivity contribution >= 4 is 38.6 Å². The van der Waals surface area contributed by atoms with Gasteiger partial charge in [0.05, 0.1) is 16.4 Å². The Bertz CT molecular complexity index is 592. The van der Waals surface area contributed by atoms with Gasteiger partial charge in [-0.25, -0.2) is 4.98 Å². The predicted octanol–water partition coefficient (Wildman–Crippen LogP) is 4.44. The normalized spacial score (nSPS) is 13.6. The zero-order valence-corrected chi connectivity index (χ0v) is 14.7. The molecule has 1 heterocycles. The quantitative estimate of drug-likeness (QED) is 0.737. The van der Waals surface area contributed by atoms with Gasteiger partial charge < -0.3 is 9.47 Å². The first-order valence-corrected chi connectivity index (χ1v) is 8.13. The lowest BCUT2D eigenvalue weighted by molar-refractivity contribution is 0.263. The molecule has 0 saturated carbocycles. The number of alkyl halides is 1. The summed E-state index contributed by atoms with van der Waals surface area (Å²) in [5, 5.41) is -0.0921. The number of nitrogens with zero attached hydrogens (tertiary/aromatic N) is 3. The van der Waals surface area contributed by atoms with E-state index >= 15 is 0 Å². The van der Waals surface area contributed by atoms with E-state index in [9.17, 15) is 0 Å². The minimum atomic E-state index is -0.0921. The van der Waals surface area contributed by atoms with E-state index < -0.39 is 0 Å². The first-order valence-electron chi connectivity index (χ1n) is 6.90. The number of hydrogen-bond donors (Lipinski definition) is 0. The first kappa shape index (κ1) is 15.8. The Labute approximate surface area is 134 Å². The van der Waals surface area contributed by atoms with Crippen LogP contribution >= 0.6 is 27.5 Å². The lowest BCUT2D eigenvalue weighted by Gasteiger charge is -2.22. The fourth-order valence-corrected chi connectivity index (χ4v) is 2.69. The van der Waals surface area contributed by atoms with Crippen molar-refractivity contribution in [2.24, 2.45) is 0 Å². The second-order valence-corrected chi connectivity index (χ2v) is 7.02. The number of hydrogen-bond acceptors (Lipinski definition) is 2. The SMILES string of the molecule is CC(Cl)c1nc2cc(Br)ccc2n1CCN(C)C(C)C. The van der Waals surface area contributed by atoms with Crippen LogP contribution < -0.4 is 0 Å². The lowest BCUT2D eigenvalue weighted by atomic mass is 10.3. The van der Waals surface area contributed by atoms with Crippen molar-refractivity contribution in [2.75, 3.05) is 13.6 Å². The largest absolute Gasteiger partial charge is 0.325 e. The standard InChI is InChI=1S/C15H21BrClN3/c1-10(2)19(4)7-8-20-14-6-5-12(16)9-13(14)18-15(20)11(3)17/h5-6,9-11H,7-8H2,1-4H3. The van der Waals surface area contributed by atoms with Crippen LogP contribution in [0.4, 0.5) is 0 Å². The van der Waals surface area contributed by atoms with Gasteiger partial charge in [-0.1, -0.05) is 15.9 Å². The van der Waals surface area contributed by atoms with Crippen LogP contribution in [-0.4, -0.2) is 34.1 Å². The molecule has 1 unspecified atom stereocenters. The predicted molar refractivity (Wildman–Crippen MR) is 89.5 cm³/mol. The van der Waals surface area contributed by atoms with Crippen molar-refractivity contribution in [1.29, 1.82) is 0 Å². The topological polar surface area (TPSA) is 21.1 Å². The summed E-state index contributed by atoms with van der Waals surface area (Å²) in [5.41, 5.74) is 2.14. The van der Waals surface area contributed by atoms with Crippen LogP contribution in [0.3, 0.4) is 0 Å². The second kappa shape index (κ2) is 6.46. The van der Waals surface area contributed by atoms with Gasteiger partial charge in [-0.2, -0.15) is 0 Å². The molecule has 20 heavy (non-hydrogen) atoms. The summed E-state index contributed by atoms with van der Waals surface area (Å²) in [6.07, 6.45) is 0. The zero-order chi connectivity index (χ0) is 14.9. The zero-order valence-electron chi connectivity index (χ0n) is 12.4. The highest BCUT2D eigenvalue weighted by atomic mass is 79.9. The van der Waals surface area contributed by atoms with Gasteiger partial charge in [0.1, 0.15) is 5.82 Å². The smallest absolute Gasteiger partial charge is 0.127 e. The van der Waals surface area contributed by atoms with Gasteiger partial charge in [0.25, 0.3) is 0 Å². The number of benzene rings is 1. The molecular weight excluding hydrogens is 338 g/mol. The Morgan fingerprint density at radius 2 is 2.05 bits per heavy atom. The molecule has 1 aromatic heterocycles. The average Bonchev–Trinajstić information content (AvgIpc) is 2.73. The summed E-state index contributed by atoms with van der Waals surface area (Å²) in [6, 6.07) is 6.73. The summed E-state index contributed by atoms with van der Waals surface area (Å²) in [6.45, 7) is 8.26. The number of aromatic nitrogens is 2. The molecule has 0 aliphatic heterocycles. The molecule has 3 nitrogen and oxygen atoms in total. The Kier molecular flexibility index (Phi) is 5.10. The lowest BCUT2D eigenvalue weighted by Crippen LogP contribution is -2.30. The van der Waals surface area contributed by atoms with E-state index in [4.69, 9.17) is 11.6 Å². The number of fused-ring (bicyclic) bond motifs is 1. The Morgan fingerprint density at radius 1 is 1.35 bits per heavy atom. The molecule has 2 rings (SSSR count). The van der Waals surface area contributed by atoms with Crippen molar-refractivity contribution in [1.82, 2.24) is 14.5 Å². The van der Waals surface area contributed by atoms with E-state index in [-0.39, 0.29) is 5.38 Å². The molecule has 5 heteroatoms. The maximum atomic E-state index is 6.29. The molecule has 1 atom stereocenters. The maximum absolute atomic E-state index is 6.29. The third kappa shape index (κ3) is 3.35. The molecule has 0 fully saturated rings. The molecule has 0 radical (unpaired) electrons. The van der Waals surface area contributed by atoms with Gasteiger partial charge in [0.15, 0.2) is 0 Å². The summed E-state index contributed by atoms with van der Waals surface area (Å²) in [5.74, 6) is 0.942. The molecule has 0 aliphatic rings. The Hall–Kier alpha value is -0.580. The molecule has 2 aromatic rings. The van der Waals surface area contributed by atoms with Crippen LogP contribution in [0.25, 0.3) is 11.0 Å². The van der Waals surface area contributed by atoms with E-state index in [0.29, 0.717) is 6.04 Å². The molecule has 110 valence electrons. The average molecular weight is 359 g/mol. The van der Waals surface area contributed by atoms with Crippen molar-refractivity contribution in [3.05, 3.63) is 28.5 Å². The molecule has 0 bridgehead atoms. The van der Waals surface area contributed by atoms with Crippen molar-refractivity contribution in [3.63, 3.8) is 0 Å². The highest BCUT2D eigenvalue weighted by Crippen LogP contribution is 2.26. The monoisotopic (exact) mass is 357 g/mol. The molecule has 0 aliphatic carbocycles. The first-order chi connectivity index (χ1) is 9.40. The Balaban J connectivity index is 2.36. The van der Waals surface area contributed by atoms with E-state index in [1.165, 1.54) is 0 Å². The van der Waals surface area contributed by atoms with Crippen LogP contribution in [-0.2, 0) is 6.54 Å². The van der Waals surface area contributed by atoms with Crippen molar-refractivity contribution in [2.45, 2.75) is 38.7 Å². The van der Waals surface area contributed by atoms with Crippen molar-refractivity contribution < 1.29 is 0 Å². The maximum Gasteiger partial charge on any atom is 0.127 e. The number of imidazole rings is 1. The molecule has 0 spiro atoms. The third-order valence-corrected chi connectivity index (χ3v) is 4.34. The van der Waals surface area contributed by atoms with Gasteiger partial charge >= 0.3 is 0 Å². The van der Waals surface area contributed by atoms with Crippen LogP contribution in [0.2, 0.25) is 0 Å². The highest BCUT2D eigenvalue weighted by Gasteiger charge is 2.15. The van der Waals surface area contributed by atoms with Crippen LogP contribution in [0.15, 0.2) is 22.7 Å². The van der Waals surface area contributed by atoms with E-state index in [0.717, 1.165) is 34.4 Å². The molecule has 0 saturated heterocycles. The molecule has 0 N–H and O–H groups in total. The van der Waals surface area contributed by atoms with Crippen LogP contribution in [0, 0.1) is 0 Å². The van der Waals surface area contributed by atoms with E-state index in [2.05, 4.69) is 63.4 Å². The van der Waals surface area contributed by atoms with Gasteiger partial charge in [-0.15, -0.1) is 11.6 Å². The highest BCUT2D eigenvalue weighted by molar-refractivity contribution is 9.10.